The van der Waals surface area contributed by atoms with Gasteiger partial charge >= 0.3 is 0 Å². The fraction of sp³-hybridized carbons (Fsp3) is 0.684. The summed E-state index contributed by atoms with van der Waals surface area (Å²) in [5.41, 5.74) is 2.51. The molecule has 0 heterocycles. The van der Waals surface area contributed by atoms with Crippen molar-refractivity contribution in [3.8, 4) is 0 Å². The number of fused-ring (bicyclic) bond motifs is 1. The lowest BCUT2D eigenvalue weighted by Crippen LogP contribution is -2.49. The van der Waals surface area contributed by atoms with Crippen LogP contribution < -0.4 is 0 Å². The second kappa shape index (κ2) is 6.50. The van der Waals surface area contributed by atoms with Gasteiger partial charge in [0.05, 0.1) is 6.10 Å². The Bertz CT molecular complexity index is 466. The predicted octanol–water partition coefficient (Wildman–Crippen LogP) is 4.25. The Labute approximate surface area is 129 Å². The fourth-order valence-corrected chi connectivity index (χ4v) is 4.55. The Morgan fingerprint density at radius 1 is 1.10 bits per heavy atom. The van der Waals surface area contributed by atoms with Gasteiger partial charge in [0.15, 0.2) is 0 Å². The van der Waals surface area contributed by atoms with E-state index < -0.39 is 0 Å². The average Bonchev–Trinajstić information content (AvgIpc) is 2.54. The van der Waals surface area contributed by atoms with E-state index in [0.29, 0.717) is 18.0 Å². The van der Waals surface area contributed by atoms with Crippen molar-refractivity contribution in [2.75, 3.05) is 6.54 Å². The van der Waals surface area contributed by atoms with Crippen LogP contribution in [0.5, 0.6) is 0 Å². The first kappa shape index (κ1) is 15.1. The molecule has 1 fully saturated rings. The monoisotopic (exact) mass is 287 g/mol. The van der Waals surface area contributed by atoms with E-state index in [9.17, 15) is 5.11 Å². The highest BCUT2D eigenvalue weighted by Crippen LogP contribution is 2.41. The van der Waals surface area contributed by atoms with Gasteiger partial charge in [-0.3, -0.25) is 4.90 Å². The molecule has 3 unspecified atom stereocenters. The summed E-state index contributed by atoms with van der Waals surface area (Å²) in [5, 5.41) is 10.9. The van der Waals surface area contributed by atoms with Crippen molar-refractivity contribution in [1.29, 1.82) is 0 Å². The van der Waals surface area contributed by atoms with Gasteiger partial charge < -0.3 is 5.11 Å². The molecule has 3 rings (SSSR count). The maximum atomic E-state index is 10.9. The van der Waals surface area contributed by atoms with Gasteiger partial charge in [0, 0.05) is 12.1 Å². The highest BCUT2D eigenvalue weighted by Gasteiger charge is 2.37. The van der Waals surface area contributed by atoms with Crippen LogP contribution in [0.4, 0.5) is 0 Å². The molecular formula is C19H29NO. The van der Waals surface area contributed by atoms with E-state index in [-0.39, 0.29) is 6.10 Å². The van der Waals surface area contributed by atoms with E-state index in [1.807, 2.05) is 0 Å². The molecule has 0 bridgehead atoms. The summed E-state index contributed by atoms with van der Waals surface area (Å²) < 4.78 is 0. The van der Waals surface area contributed by atoms with Crippen LogP contribution in [0, 0.1) is 0 Å². The van der Waals surface area contributed by atoms with Gasteiger partial charge in [0.25, 0.3) is 0 Å². The number of aliphatic hydroxyl groups excluding tert-OH is 1. The third kappa shape index (κ3) is 2.89. The zero-order valence-corrected chi connectivity index (χ0v) is 13.5. The van der Waals surface area contributed by atoms with Crippen LogP contribution in [0.2, 0.25) is 0 Å². The first-order valence-electron chi connectivity index (χ1n) is 8.75. The zero-order chi connectivity index (χ0) is 14.8. The van der Waals surface area contributed by atoms with Crippen molar-refractivity contribution in [2.24, 2.45) is 0 Å². The number of aliphatic hydroxyl groups is 1. The normalized spacial score (nSPS) is 30.4. The molecule has 116 valence electrons. The average molecular weight is 287 g/mol. The van der Waals surface area contributed by atoms with E-state index in [1.165, 1.54) is 37.7 Å². The van der Waals surface area contributed by atoms with E-state index in [1.54, 1.807) is 0 Å². The minimum absolute atomic E-state index is 0.294. The Hall–Kier alpha value is -0.860. The van der Waals surface area contributed by atoms with E-state index in [2.05, 4.69) is 43.0 Å². The van der Waals surface area contributed by atoms with Gasteiger partial charge in [0.1, 0.15) is 0 Å². The highest BCUT2D eigenvalue weighted by atomic mass is 16.3. The molecular weight excluding hydrogens is 258 g/mol. The van der Waals surface area contributed by atoms with Crippen LogP contribution >= 0.6 is 0 Å². The molecule has 2 nitrogen and oxygen atoms in total. The molecule has 21 heavy (non-hydrogen) atoms. The smallest absolute Gasteiger partial charge is 0.0948 e. The maximum absolute atomic E-state index is 10.9. The lowest BCUT2D eigenvalue weighted by Gasteiger charge is -2.45. The minimum atomic E-state index is -0.320. The molecule has 0 spiro atoms. The number of benzene rings is 1. The first-order valence-corrected chi connectivity index (χ1v) is 8.75. The molecule has 3 atom stereocenters. The number of rotatable bonds is 3. The molecule has 0 radical (unpaired) electrons. The van der Waals surface area contributed by atoms with Crippen molar-refractivity contribution >= 4 is 0 Å². The van der Waals surface area contributed by atoms with Gasteiger partial charge in [-0.2, -0.15) is 0 Å². The second-order valence-electron chi connectivity index (χ2n) is 6.90. The Morgan fingerprint density at radius 3 is 2.43 bits per heavy atom. The van der Waals surface area contributed by atoms with Crippen molar-refractivity contribution in [3.05, 3.63) is 35.4 Å². The van der Waals surface area contributed by atoms with Crippen molar-refractivity contribution < 1.29 is 5.11 Å². The molecule has 2 aliphatic carbocycles. The zero-order valence-electron chi connectivity index (χ0n) is 13.5. The predicted molar refractivity (Wildman–Crippen MR) is 87.5 cm³/mol. The highest BCUT2D eigenvalue weighted by molar-refractivity contribution is 5.35. The molecule has 1 aromatic rings. The lowest BCUT2D eigenvalue weighted by molar-refractivity contribution is 0.00122. The Kier molecular flexibility index (Phi) is 4.66. The van der Waals surface area contributed by atoms with Crippen molar-refractivity contribution in [3.63, 3.8) is 0 Å². The standard InChI is InChI=1S/C19H29NO/c1-3-20(15-9-5-4-6-10-15)18-13-14(2)16-11-7-8-12-17(16)19(18)21/h7-8,11-12,14-15,18-19,21H,3-6,9-10,13H2,1-2H3. The van der Waals surface area contributed by atoms with Gasteiger partial charge in [-0.05, 0) is 42.9 Å². The number of likely N-dealkylation sites (N-methyl/N-ethyl adjacent to an activating group) is 1. The Morgan fingerprint density at radius 2 is 1.76 bits per heavy atom. The summed E-state index contributed by atoms with van der Waals surface area (Å²) >= 11 is 0. The number of hydrogen-bond donors (Lipinski definition) is 1. The summed E-state index contributed by atoms with van der Waals surface area (Å²) in [7, 11) is 0. The SMILES string of the molecule is CCN(C1CCCCC1)C1CC(C)c2ccccc2C1O. The summed E-state index contributed by atoms with van der Waals surface area (Å²) in [6, 6.07) is 9.45. The van der Waals surface area contributed by atoms with Gasteiger partial charge in [-0.15, -0.1) is 0 Å². The molecule has 1 N–H and O–H groups in total. The molecule has 0 aromatic heterocycles. The second-order valence-corrected chi connectivity index (χ2v) is 6.90. The van der Waals surface area contributed by atoms with Gasteiger partial charge in [0.2, 0.25) is 0 Å². The van der Waals surface area contributed by atoms with Crippen LogP contribution in [-0.4, -0.2) is 28.6 Å². The van der Waals surface area contributed by atoms with E-state index >= 15 is 0 Å². The maximum Gasteiger partial charge on any atom is 0.0948 e. The van der Waals surface area contributed by atoms with Crippen molar-refractivity contribution in [1.82, 2.24) is 4.90 Å². The topological polar surface area (TPSA) is 23.5 Å². The molecule has 0 aliphatic heterocycles. The molecule has 0 amide bonds. The van der Waals surface area contributed by atoms with Crippen LogP contribution in [0.1, 0.15) is 75.5 Å². The molecule has 2 heteroatoms. The molecule has 1 saturated carbocycles. The number of nitrogens with zero attached hydrogens (tertiary/aromatic N) is 1. The molecule has 0 saturated heterocycles. The van der Waals surface area contributed by atoms with Crippen LogP contribution in [0.15, 0.2) is 24.3 Å². The third-order valence-corrected chi connectivity index (χ3v) is 5.64. The molecule has 2 aliphatic rings. The quantitative estimate of drug-likeness (QED) is 0.898. The van der Waals surface area contributed by atoms with Crippen LogP contribution in [0.25, 0.3) is 0 Å². The third-order valence-electron chi connectivity index (χ3n) is 5.64. The first-order chi connectivity index (χ1) is 10.2. The Balaban J connectivity index is 1.84. The fourth-order valence-electron chi connectivity index (χ4n) is 4.55. The van der Waals surface area contributed by atoms with E-state index in [0.717, 1.165) is 18.5 Å². The summed E-state index contributed by atoms with van der Waals surface area (Å²) in [4.78, 5) is 2.61. The van der Waals surface area contributed by atoms with Crippen LogP contribution in [-0.2, 0) is 0 Å². The van der Waals surface area contributed by atoms with Gasteiger partial charge in [-0.25, -0.2) is 0 Å². The van der Waals surface area contributed by atoms with E-state index in [4.69, 9.17) is 0 Å². The molecule has 1 aromatic carbocycles. The van der Waals surface area contributed by atoms with Crippen molar-refractivity contribution in [2.45, 2.75) is 76.5 Å². The lowest BCUT2D eigenvalue weighted by atomic mass is 9.77. The summed E-state index contributed by atoms with van der Waals surface area (Å²) in [6.45, 7) is 5.63. The largest absolute Gasteiger partial charge is 0.387 e. The van der Waals surface area contributed by atoms with Crippen LogP contribution in [0.3, 0.4) is 0 Å². The number of hydrogen-bond acceptors (Lipinski definition) is 2. The summed E-state index contributed by atoms with van der Waals surface area (Å²) in [6.07, 6.45) is 7.49. The minimum Gasteiger partial charge on any atom is -0.387 e. The summed E-state index contributed by atoms with van der Waals surface area (Å²) in [5.74, 6) is 0.548. The van der Waals surface area contributed by atoms with Gasteiger partial charge in [-0.1, -0.05) is 57.4 Å².